The van der Waals surface area contributed by atoms with Crippen LogP contribution in [0.3, 0.4) is 0 Å². The second-order valence-corrected chi connectivity index (χ2v) is 3.33. The summed E-state index contributed by atoms with van der Waals surface area (Å²) in [4.78, 5) is 5.51. The smallest absolute Gasteiger partial charge is 0.0523 e. The Balaban J connectivity index is 2.45. The summed E-state index contributed by atoms with van der Waals surface area (Å²) in [6, 6.07) is 8.30. The summed E-state index contributed by atoms with van der Waals surface area (Å²) in [7, 11) is 0. The molecule has 0 fully saturated rings. The number of rotatable bonds is 0. The number of fused-ring (bicyclic) bond motifs is 1. The molecule has 1 aromatic rings. The minimum atomic E-state index is 0.819. The van der Waals surface area contributed by atoms with E-state index in [1.54, 1.807) is 11.8 Å². The van der Waals surface area contributed by atoms with Gasteiger partial charge < -0.3 is 0 Å². The van der Waals surface area contributed by atoms with Crippen molar-refractivity contribution < 1.29 is 0 Å². The molecular weight excluding hydrogens is 154 g/mol. The highest BCUT2D eigenvalue weighted by Gasteiger charge is 2.02. The molecule has 0 aliphatic carbocycles. The van der Waals surface area contributed by atoms with Gasteiger partial charge in [-0.25, -0.2) is 0 Å². The normalized spacial score (nSPS) is 15.6. The third-order valence-electron chi connectivity index (χ3n) is 1.54. The second-order valence-electron chi connectivity index (χ2n) is 2.32. The highest BCUT2D eigenvalue weighted by Crippen LogP contribution is 2.25. The van der Waals surface area contributed by atoms with Crippen LogP contribution in [0.5, 0.6) is 0 Å². The highest BCUT2D eigenvalue weighted by molar-refractivity contribution is 8.01. The maximum absolute atomic E-state index is 4.21. The Morgan fingerprint density at radius 3 is 3.18 bits per heavy atom. The molecule has 1 aliphatic rings. The van der Waals surface area contributed by atoms with Gasteiger partial charge in [-0.15, -0.1) is 11.8 Å². The van der Waals surface area contributed by atoms with Gasteiger partial charge >= 0.3 is 0 Å². The van der Waals surface area contributed by atoms with Crippen molar-refractivity contribution in [2.24, 2.45) is 4.99 Å². The fourth-order valence-corrected chi connectivity index (χ4v) is 1.77. The van der Waals surface area contributed by atoms with Crippen molar-refractivity contribution in [3.8, 4) is 0 Å². The molecule has 0 unspecified atom stereocenters. The van der Waals surface area contributed by atoms with Crippen molar-refractivity contribution in [1.82, 2.24) is 0 Å². The van der Waals surface area contributed by atoms with Gasteiger partial charge in [0.05, 0.1) is 6.54 Å². The molecule has 11 heavy (non-hydrogen) atoms. The predicted molar refractivity (Wildman–Crippen MR) is 49.1 cm³/mol. The lowest BCUT2D eigenvalue weighted by atomic mass is 10.2. The summed E-state index contributed by atoms with van der Waals surface area (Å²) in [5.74, 6) is 2.11. The molecule has 2 heteroatoms. The molecule has 0 amide bonds. The van der Waals surface area contributed by atoms with Gasteiger partial charge in [0.25, 0.3) is 0 Å². The van der Waals surface area contributed by atoms with E-state index in [4.69, 9.17) is 0 Å². The van der Waals surface area contributed by atoms with E-state index in [1.807, 2.05) is 12.3 Å². The minimum absolute atomic E-state index is 0.819. The molecule has 1 radical (unpaired) electrons. The van der Waals surface area contributed by atoms with Crippen LogP contribution in [0, 0.1) is 5.75 Å². The lowest BCUT2D eigenvalue weighted by Crippen LogP contribution is -1.81. The van der Waals surface area contributed by atoms with Crippen molar-refractivity contribution in [1.29, 1.82) is 0 Å². The zero-order chi connectivity index (χ0) is 7.52. The average molecular weight is 162 g/mol. The molecule has 1 heterocycles. The third-order valence-corrected chi connectivity index (χ3v) is 2.48. The monoisotopic (exact) mass is 162 g/mol. The van der Waals surface area contributed by atoms with Gasteiger partial charge in [0.1, 0.15) is 0 Å². The van der Waals surface area contributed by atoms with Crippen molar-refractivity contribution in [3.63, 3.8) is 0 Å². The fraction of sp³-hybridized carbons (Fsp3) is 0.111. The van der Waals surface area contributed by atoms with Gasteiger partial charge in [0.15, 0.2) is 0 Å². The molecule has 1 nitrogen and oxygen atoms in total. The first-order valence-electron chi connectivity index (χ1n) is 3.54. The van der Waals surface area contributed by atoms with Crippen molar-refractivity contribution in [3.05, 3.63) is 35.6 Å². The molecule has 2 rings (SSSR count). The van der Waals surface area contributed by atoms with Gasteiger partial charge in [-0.05, 0) is 6.07 Å². The van der Waals surface area contributed by atoms with Crippen LogP contribution >= 0.6 is 11.8 Å². The van der Waals surface area contributed by atoms with Crippen LogP contribution in [0.25, 0.3) is 0 Å². The first-order chi connectivity index (χ1) is 5.47. The average Bonchev–Trinajstić information content (AvgIpc) is 2.28. The van der Waals surface area contributed by atoms with Crippen LogP contribution in [0.15, 0.2) is 34.2 Å². The van der Waals surface area contributed by atoms with Gasteiger partial charge in [-0.3, -0.25) is 4.99 Å². The van der Waals surface area contributed by atoms with E-state index in [-0.39, 0.29) is 0 Å². The van der Waals surface area contributed by atoms with Crippen LogP contribution < -0.4 is 0 Å². The Kier molecular flexibility index (Phi) is 1.95. The fourth-order valence-electron chi connectivity index (χ4n) is 1.02. The van der Waals surface area contributed by atoms with E-state index in [0.29, 0.717) is 0 Å². The van der Waals surface area contributed by atoms with Gasteiger partial charge in [-0.1, -0.05) is 18.2 Å². The maximum atomic E-state index is 4.21. The number of hydrogen-bond donors (Lipinski definition) is 0. The molecule has 1 aliphatic heterocycles. The molecule has 0 saturated carbocycles. The zero-order valence-corrected chi connectivity index (χ0v) is 6.84. The molecule has 0 atom stereocenters. The molecule has 0 bridgehead atoms. The number of nitrogens with zero attached hydrogens (tertiary/aromatic N) is 1. The summed E-state index contributed by atoms with van der Waals surface area (Å²) in [6.07, 6.45) is 1.94. The van der Waals surface area contributed by atoms with E-state index in [0.717, 1.165) is 6.54 Å². The topological polar surface area (TPSA) is 12.4 Å². The van der Waals surface area contributed by atoms with E-state index in [1.165, 1.54) is 10.5 Å². The number of aliphatic imine (C=N–C) groups is 1. The largest absolute Gasteiger partial charge is 0.291 e. The Morgan fingerprint density at radius 1 is 1.27 bits per heavy atom. The lowest BCUT2D eigenvalue weighted by molar-refractivity contribution is 1.24. The van der Waals surface area contributed by atoms with Gasteiger partial charge in [-0.2, -0.15) is 0 Å². The highest BCUT2D eigenvalue weighted by atomic mass is 32.2. The van der Waals surface area contributed by atoms with Gasteiger partial charge in [0, 0.05) is 22.4 Å². The molecule has 0 aromatic heterocycles. The first kappa shape index (κ1) is 6.92. The molecule has 0 spiro atoms. The molecular formula is C9H8NS. The van der Waals surface area contributed by atoms with Crippen molar-refractivity contribution in [2.45, 2.75) is 4.90 Å². The first-order valence-corrected chi connectivity index (χ1v) is 4.42. The van der Waals surface area contributed by atoms with Gasteiger partial charge in [0.2, 0.25) is 0 Å². The van der Waals surface area contributed by atoms with Crippen LogP contribution in [0.4, 0.5) is 0 Å². The van der Waals surface area contributed by atoms with E-state index >= 15 is 0 Å². The standard InChI is InChI=1S/C9H8NS/c1-2-4-9-8(3-1)7-10-5-6-11-9/h1-4,6-7H,5H2. The summed E-state index contributed by atoms with van der Waals surface area (Å²) < 4.78 is 0. The Labute approximate surface area is 70.5 Å². The number of hydrogen-bond acceptors (Lipinski definition) is 2. The summed E-state index contributed by atoms with van der Waals surface area (Å²) in [6.45, 7) is 0.819. The minimum Gasteiger partial charge on any atom is -0.291 e. The number of benzene rings is 1. The third kappa shape index (κ3) is 1.46. The number of thioether (sulfide) groups is 1. The molecule has 0 saturated heterocycles. The van der Waals surface area contributed by atoms with Crippen LogP contribution in [-0.4, -0.2) is 12.8 Å². The summed E-state index contributed by atoms with van der Waals surface area (Å²) in [5, 5.41) is 0. The predicted octanol–water partition coefficient (Wildman–Crippen LogP) is 2.37. The second kappa shape index (κ2) is 3.09. The Morgan fingerprint density at radius 2 is 2.18 bits per heavy atom. The van der Waals surface area contributed by atoms with Crippen LogP contribution in [0.2, 0.25) is 0 Å². The SMILES string of the molecule is [CH]1CN=Cc2ccccc2S1. The van der Waals surface area contributed by atoms with E-state index < -0.39 is 0 Å². The summed E-state index contributed by atoms with van der Waals surface area (Å²) >= 11 is 1.76. The van der Waals surface area contributed by atoms with Crippen LogP contribution in [0.1, 0.15) is 5.56 Å². The van der Waals surface area contributed by atoms with Crippen LogP contribution in [-0.2, 0) is 0 Å². The maximum Gasteiger partial charge on any atom is 0.0523 e. The van der Waals surface area contributed by atoms with Crippen molar-refractivity contribution in [2.75, 3.05) is 6.54 Å². The van der Waals surface area contributed by atoms with Crippen molar-refractivity contribution >= 4 is 18.0 Å². The Bertz CT molecular complexity index is 281. The van der Waals surface area contributed by atoms with E-state index in [9.17, 15) is 0 Å². The molecule has 0 N–H and O–H groups in total. The lowest BCUT2D eigenvalue weighted by Gasteiger charge is -1.98. The quantitative estimate of drug-likeness (QED) is 0.570. The Hall–Kier alpha value is -0.760. The molecule has 1 aromatic carbocycles. The summed E-state index contributed by atoms with van der Waals surface area (Å²) in [5.41, 5.74) is 1.23. The van der Waals surface area contributed by atoms with E-state index in [2.05, 4.69) is 28.9 Å². The molecule has 55 valence electrons. The zero-order valence-electron chi connectivity index (χ0n) is 6.03.